The van der Waals surface area contributed by atoms with Gasteiger partial charge < -0.3 is 25.3 Å². The van der Waals surface area contributed by atoms with Crippen LogP contribution in [0.15, 0.2) is 16.7 Å². The van der Waals surface area contributed by atoms with E-state index in [4.69, 9.17) is 4.42 Å². The van der Waals surface area contributed by atoms with Crippen LogP contribution in [-0.2, 0) is 0 Å². The SMILES string of the molecule is Cc1ccoc1C(=O)NCCCNC(=O)N[C@@H]1CCN(CC2CC2)C1. The number of carbonyl (C=O) groups is 2. The molecule has 3 amide bonds. The second kappa shape index (κ2) is 8.38. The first-order valence-electron chi connectivity index (χ1n) is 9.21. The number of nitrogens with zero attached hydrogens (tertiary/aromatic N) is 1. The molecule has 138 valence electrons. The predicted molar refractivity (Wildman–Crippen MR) is 94.5 cm³/mol. The first-order chi connectivity index (χ1) is 12.1. The standard InChI is InChI=1S/C18H28N4O3/c1-13-6-10-25-16(13)17(23)19-7-2-8-20-18(24)21-15-5-9-22(12-15)11-14-3-4-14/h6,10,14-15H,2-5,7-9,11-12H2,1H3,(H,19,23)(H2,20,21,24)/t15-/m1/s1. The molecule has 7 heteroatoms. The predicted octanol–water partition coefficient (Wildman–Crippen LogP) is 1.49. The van der Waals surface area contributed by atoms with Crippen LogP contribution >= 0.6 is 0 Å². The van der Waals surface area contributed by atoms with Crippen molar-refractivity contribution in [3.8, 4) is 0 Å². The lowest BCUT2D eigenvalue weighted by Gasteiger charge is -2.16. The van der Waals surface area contributed by atoms with Gasteiger partial charge in [0.1, 0.15) is 0 Å². The molecule has 1 aliphatic carbocycles. The Morgan fingerprint density at radius 1 is 1.24 bits per heavy atom. The van der Waals surface area contributed by atoms with Gasteiger partial charge in [-0.05, 0) is 44.6 Å². The van der Waals surface area contributed by atoms with Crippen LogP contribution in [0.1, 0.15) is 41.8 Å². The first-order valence-corrected chi connectivity index (χ1v) is 9.21. The smallest absolute Gasteiger partial charge is 0.315 e. The Morgan fingerprint density at radius 3 is 2.76 bits per heavy atom. The second-order valence-corrected chi connectivity index (χ2v) is 7.13. The van der Waals surface area contributed by atoms with Crippen molar-refractivity contribution in [1.29, 1.82) is 0 Å². The summed E-state index contributed by atoms with van der Waals surface area (Å²) in [6.07, 6.45) is 5.94. The number of likely N-dealkylation sites (tertiary alicyclic amines) is 1. The molecule has 1 saturated carbocycles. The van der Waals surface area contributed by atoms with Gasteiger partial charge >= 0.3 is 6.03 Å². The number of rotatable bonds is 8. The zero-order chi connectivity index (χ0) is 17.6. The van der Waals surface area contributed by atoms with Gasteiger partial charge in [0.25, 0.3) is 5.91 Å². The summed E-state index contributed by atoms with van der Waals surface area (Å²) in [6, 6.07) is 1.89. The summed E-state index contributed by atoms with van der Waals surface area (Å²) in [5.74, 6) is 1.03. The van der Waals surface area contributed by atoms with Crippen molar-refractivity contribution in [2.24, 2.45) is 5.92 Å². The highest BCUT2D eigenvalue weighted by Crippen LogP contribution is 2.30. The van der Waals surface area contributed by atoms with Crippen LogP contribution in [0, 0.1) is 12.8 Å². The molecule has 3 N–H and O–H groups in total. The van der Waals surface area contributed by atoms with Crippen molar-refractivity contribution in [1.82, 2.24) is 20.9 Å². The number of amides is 3. The summed E-state index contributed by atoms with van der Waals surface area (Å²) >= 11 is 0. The molecule has 2 aliphatic rings. The number of carbonyl (C=O) groups excluding carboxylic acids is 2. The number of urea groups is 1. The van der Waals surface area contributed by atoms with Crippen LogP contribution in [-0.4, -0.2) is 55.6 Å². The lowest BCUT2D eigenvalue weighted by atomic mass is 10.2. The van der Waals surface area contributed by atoms with Crippen LogP contribution in [0.25, 0.3) is 0 Å². The topological polar surface area (TPSA) is 86.6 Å². The van der Waals surface area contributed by atoms with E-state index >= 15 is 0 Å². The minimum atomic E-state index is -0.214. The number of nitrogens with one attached hydrogen (secondary N) is 3. The van der Waals surface area contributed by atoms with E-state index in [-0.39, 0.29) is 18.0 Å². The molecule has 7 nitrogen and oxygen atoms in total. The summed E-state index contributed by atoms with van der Waals surface area (Å²) < 4.78 is 5.14. The molecule has 3 rings (SSSR count). The summed E-state index contributed by atoms with van der Waals surface area (Å²) in [6.45, 7) is 6.09. The maximum Gasteiger partial charge on any atom is 0.315 e. The van der Waals surface area contributed by atoms with Crippen LogP contribution in [0.2, 0.25) is 0 Å². The van der Waals surface area contributed by atoms with Crippen LogP contribution < -0.4 is 16.0 Å². The van der Waals surface area contributed by atoms with Gasteiger partial charge in [0.05, 0.1) is 6.26 Å². The van der Waals surface area contributed by atoms with E-state index in [0.717, 1.165) is 31.0 Å². The summed E-state index contributed by atoms with van der Waals surface area (Å²) in [7, 11) is 0. The van der Waals surface area contributed by atoms with Crippen molar-refractivity contribution >= 4 is 11.9 Å². The molecule has 0 radical (unpaired) electrons. The molecule has 2 fully saturated rings. The van der Waals surface area contributed by atoms with E-state index in [9.17, 15) is 9.59 Å². The molecule has 1 aliphatic heterocycles. The molecule has 1 aromatic heterocycles. The van der Waals surface area contributed by atoms with Gasteiger partial charge in [0.15, 0.2) is 5.76 Å². The molecule has 0 aromatic carbocycles. The maximum atomic E-state index is 11.9. The molecule has 0 spiro atoms. The Balaban J connectivity index is 1.23. The first kappa shape index (κ1) is 17.8. The molecule has 0 unspecified atom stereocenters. The largest absolute Gasteiger partial charge is 0.459 e. The zero-order valence-corrected chi connectivity index (χ0v) is 14.8. The normalized spacial score (nSPS) is 20.4. The van der Waals surface area contributed by atoms with Crippen LogP contribution in [0.5, 0.6) is 0 Å². The molecule has 1 saturated heterocycles. The van der Waals surface area contributed by atoms with E-state index in [1.54, 1.807) is 6.07 Å². The lowest BCUT2D eigenvalue weighted by molar-refractivity contribution is 0.0925. The summed E-state index contributed by atoms with van der Waals surface area (Å²) in [5.41, 5.74) is 0.822. The van der Waals surface area contributed by atoms with E-state index in [1.165, 1.54) is 25.6 Å². The summed E-state index contributed by atoms with van der Waals surface area (Å²) in [5, 5.41) is 8.68. The maximum absolute atomic E-state index is 11.9. The number of furan rings is 1. The van der Waals surface area contributed by atoms with Crippen molar-refractivity contribution in [3.05, 3.63) is 23.7 Å². The van der Waals surface area contributed by atoms with E-state index < -0.39 is 0 Å². The fourth-order valence-electron chi connectivity index (χ4n) is 3.20. The van der Waals surface area contributed by atoms with Crippen molar-refractivity contribution in [3.63, 3.8) is 0 Å². The van der Waals surface area contributed by atoms with Gasteiger partial charge in [0.2, 0.25) is 0 Å². The quantitative estimate of drug-likeness (QED) is 0.621. The number of hydrogen-bond acceptors (Lipinski definition) is 4. The average molecular weight is 348 g/mol. The third-order valence-electron chi connectivity index (χ3n) is 4.81. The second-order valence-electron chi connectivity index (χ2n) is 7.13. The van der Waals surface area contributed by atoms with Gasteiger partial charge in [-0.2, -0.15) is 0 Å². The van der Waals surface area contributed by atoms with Gasteiger partial charge in [-0.15, -0.1) is 0 Å². The lowest BCUT2D eigenvalue weighted by Crippen LogP contribution is -2.44. The minimum absolute atomic E-state index is 0.119. The van der Waals surface area contributed by atoms with Gasteiger partial charge in [-0.3, -0.25) is 4.79 Å². The Labute approximate surface area is 148 Å². The Hall–Kier alpha value is -2.02. The minimum Gasteiger partial charge on any atom is -0.459 e. The molecule has 1 aromatic rings. The van der Waals surface area contributed by atoms with Crippen molar-refractivity contribution in [2.75, 3.05) is 32.7 Å². The zero-order valence-electron chi connectivity index (χ0n) is 14.8. The molecular formula is C18H28N4O3. The van der Waals surface area contributed by atoms with Gasteiger partial charge in [-0.1, -0.05) is 0 Å². The molecule has 2 heterocycles. The fourth-order valence-corrected chi connectivity index (χ4v) is 3.20. The van der Waals surface area contributed by atoms with Crippen LogP contribution in [0.3, 0.4) is 0 Å². The molecule has 25 heavy (non-hydrogen) atoms. The highest BCUT2D eigenvalue weighted by molar-refractivity contribution is 5.92. The highest BCUT2D eigenvalue weighted by atomic mass is 16.3. The van der Waals surface area contributed by atoms with Crippen LogP contribution in [0.4, 0.5) is 4.79 Å². The molecule has 0 bridgehead atoms. The van der Waals surface area contributed by atoms with E-state index in [1.807, 2.05) is 6.92 Å². The van der Waals surface area contributed by atoms with Gasteiger partial charge in [0, 0.05) is 44.3 Å². The Kier molecular flexibility index (Phi) is 5.96. The molecule has 1 atom stereocenters. The van der Waals surface area contributed by atoms with Gasteiger partial charge in [-0.25, -0.2) is 4.79 Å². The molecular weight excluding hydrogens is 320 g/mol. The Bertz CT molecular complexity index is 597. The third kappa shape index (κ3) is 5.49. The van der Waals surface area contributed by atoms with E-state index in [0.29, 0.717) is 25.3 Å². The van der Waals surface area contributed by atoms with E-state index in [2.05, 4.69) is 20.9 Å². The highest BCUT2D eigenvalue weighted by Gasteiger charge is 2.29. The van der Waals surface area contributed by atoms with Crippen molar-refractivity contribution < 1.29 is 14.0 Å². The third-order valence-corrected chi connectivity index (χ3v) is 4.81. The summed E-state index contributed by atoms with van der Waals surface area (Å²) in [4.78, 5) is 26.2. The monoisotopic (exact) mass is 348 g/mol. The number of hydrogen-bond donors (Lipinski definition) is 3. The van der Waals surface area contributed by atoms with Crippen molar-refractivity contribution in [2.45, 2.75) is 38.6 Å². The average Bonchev–Trinajstić information content (AvgIpc) is 3.11. The Morgan fingerprint density at radius 2 is 2.04 bits per heavy atom. The fraction of sp³-hybridized carbons (Fsp3) is 0.667. The number of aryl methyl sites for hydroxylation is 1.